The van der Waals surface area contributed by atoms with Crippen LogP contribution in [0.5, 0.6) is 0 Å². The smallest absolute Gasteiger partial charge is 0.280 e. The third-order valence-corrected chi connectivity index (χ3v) is 4.10. The number of nitrogen functional groups attached to an aromatic ring is 1. The van der Waals surface area contributed by atoms with Crippen LogP contribution in [0.15, 0.2) is 9.53 Å². The van der Waals surface area contributed by atoms with Crippen LogP contribution in [0.4, 0.5) is 5.95 Å². The van der Waals surface area contributed by atoms with Crippen molar-refractivity contribution in [2.24, 2.45) is 0 Å². The van der Waals surface area contributed by atoms with Gasteiger partial charge in [-0.25, -0.2) is 4.98 Å². The number of nitrogens with one attached hydrogen (secondary N) is 1. The molecule has 120 valence electrons. The molecule has 1 aliphatic heterocycles. The zero-order valence-electron chi connectivity index (χ0n) is 11.4. The summed E-state index contributed by atoms with van der Waals surface area (Å²) in [5, 5.41) is 19.4. The molecule has 3 rings (SSSR count). The summed E-state index contributed by atoms with van der Waals surface area (Å²) in [6.07, 6.45) is -3.46. The number of aromatic amines is 1. The van der Waals surface area contributed by atoms with Crippen LogP contribution in [0.25, 0.3) is 11.2 Å². The number of nitrogens with two attached hydrogens (primary N) is 1. The van der Waals surface area contributed by atoms with E-state index in [0.717, 1.165) is 0 Å². The molecule has 5 N–H and O–H groups in total. The molecule has 0 spiro atoms. The highest BCUT2D eigenvalue weighted by atomic mass is 79.9. The van der Waals surface area contributed by atoms with Gasteiger partial charge in [0.05, 0.1) is 6.61 Å². The maximum atomic E-state index is 11.9. The lowest BCUT2D eigenvalue weighted by Crippen LogP contribution is -2.34. The monoisotopic (exact) mass is 375 g/mol. The molecule has 1 fully saturated rings. The summed E-state index contributed by atoms with van der Waals surface area (Å²) in [6, 6.07) is 0. The number of aliphatic hydroxyl groups is 2. The number of hydrogen-bond acceptors (Lipinski definition) is 8. The molecule has 22 heavy (non-hydrogen) atoms. The molecule has 3 heterocycles. The molecule has 1 aliphatic rings. The van der Waals surface area contributed by atoms with E-state index in [9.17, 15) is 15.0 Å². The van der Waals surface area contributed by atoms with Crippen LogP contribution in [-0.2, 0) is 9.47 Å². The van der Waals surface area contributed by atoms with Crippen LogP contribution in [0.2, 0.25) is 0 Å². The highest BCUT2D eigenvalue weighted by molar-refractivity contribution is 9.10. The predicted molar refractivity (Wildman–Crippen MR) is 78.1 cm³/mol. The Hall–Kier alpha value is -1.53. The van der Waals surface area contributed by atoms with Crippen molar-refractivity contribution >= 4 is 33.0 Å². The Balaban J connectivity index is 2.17. The number of nitrogens with zero attached hydrogens (tertiary/aromatic N) is 3. The minimum Gasteiger partial charge on any atom is -0.394 e. The van der Waals surface area contributed by atoms with Gasteiger partial charge in [0.1, 0.15) is 18.3 Å². The van der Waals surface area contributed by atoms with Gasteiger partial charge < -0.3 is 25.4 Å². The molecule has 1 saturated heterocycles. The number of aliphatic hydroxyl groups excluding tert-OH is 2. The number of methoxy groups -OCH3 is 1. The van der Waals surface area contributed by atoms with Gasteiger partial charge in [-0.05, 0) is 15.9 Å². The maximum absolute atomic E-state index is 11.9. The third-order valence-electron chi connectivity index (χ3n) is 3.55. The van der Waals surface area contributed by atoms with E-state index in [0.29, 0.717) is 0 Å². The third kappa shape index (κ3) is 2.21. The lowest BCUT2D eigenvalue weighted by atomic mass is 10.1. The SMILES string of the molecule is CO[C@@H]1[C@H](O)[C@@H](CO)O[C@H]1n1c(Br)nc2c(=O)[nH]c(N)nc21. The van der Waals surface area contributed by atoms with Crippen molar-refractivity contribution in [1.29, 1.82) is 0 Å². The fraction of sp³-hybridized carbons (Fsp3) is 0.545. The van der Waals surface area contributed by atoms with Crippen molar-refractivity contribution in [2.75, 3.05) is 19.5 Å². The zero-order valence-corrected chi connectivity index (χ0v) is 13.0. The molecule has 2 aromatic heterocycles. The highest BCUT2D eigenvalue weighted by Crippen LogP contribution is 2.35. The normalized spacial score (nSPS) is 28.5. The fourth-order valence-corrected chi connectivity index (χ4v) is 3.08. The van der Waals surface area contributed by atoms with Crippen LogP contribution in [-0.4, -0.2) is 61.8 Å². The van der Waals surface area contributed by atoms with E-state index in [1.54, 1.807) is 0 Å². The van der Waals surface area contributed by atoms with Crippen LogP contribution >= 0.6 is 15.9 Å². The second-order valence-electron chi connectivity index (χ2n) is 4.81. The van der Waals surface area contributed by atoms with Gasteiger partial charge in [-0.15, -0.1) is 0 Å². The van der Waals surface area contributed by atoms with Gasteiger partial charge in [0.2, 0.25) is 5.95 Å². The Labute approximate surface area is 132 Å². The van der Waals surface area contributed by atoms with Gasteiger partial charge in [-0.2, -0.15) is 4.98 Å². The number of ether oxygens (including phenoxy) is 2. The molecule has 0 bridgehead atoms. The average molecular weight is 376 g/mol. The summed E-state index contributed by atoms with van der Waals surface area (Å²) in [6.45, 7) is -0.377. The fourth-order valence-electron chi connectivity index (χ4n) is 2.53. The van der Waals surface area contributed by atoms with Crippen LogP contribution < -0.4 is 11.3 Å². The van der Waals surface area contributed by atoms with Crippen LogP contribution in [0.3, 0.4) is 0 Å². The Morgan fingerprint density at radius 1 is 1.55 bits per heavy atom. The van der Waals surface area contributed by atoms with Crippen LogP contribution in [0.1, 0.15) is 6.23 Å². The standard InChI is InChI=1S/C11H14BrN5O5/c1-21-6-5(19)3(2-18)22-9(6)17-7-4(14-10(17)12)8(20)16-11(13)15-7/h3,5-6,9,18-19H,2H2,1H3,(H3,13,15,16,20)/t3-,5-,6-,9-/m1/s1. The van der Waals surface area contributed by atoms with E-state index >= 15 is 0 Å². The van der Waals surface area contributed by atoms with Gasteiger partial charge in [-0.3, -0.25) is 14.3 Å². The molecule has 11 heteroatoms. The topological polar surface area (TPSA) is 149 Å². The molecule has 10 nitrogen and oxygen atoms in total. The molecule has 0 unspecified atom stereocenters. The second-order valence-corrected chi connectivity index (χ2v) is 5.52. The van der Waals surface area contributed by atoms with Gasteiger partial charge in [0.15, 0.2) is 22.1 Å². The van der Waals surface area contributed by atoms with E-state index in [4.69, 9.17) is 15.2 Å². The molecule has 0 aliphatic carbocycles. The number of imidazole rings is 1. The lowest BCUT2D eigenvalue weighted by molar-refractivity contribution is -0.0594. The number of H-pyrrole nitrogens is 1. The van der Waals surface area contributed by atoms with Gasteiger partial charge in [-0.1, -0.05) is 0 Å². The summed E-state index contributed by atoms with van der Waals surface area (Å²) in [7, 11) is 1.41. The first-order valence-corrected chi connectivity index (χ1v) is 7.17. The maximum Gasteiger partial charge on any atom is 0.280 e. The summed E-state index contributed by atoms with van der Waals surface area (Å²) in [4.78, 5) is 22.4. The molecule has 0 radical (unpaired) electrons. The number of rotatable bonds is 3. The van der Waals surface area contributed by atoms with Crippen molar-refractivity contribution in [3.05, 3.63) is 15.1 Å². The largest absolute Gasteiger partial charge is 0.394 e. The Morgan fingerprint density at radius 3 is 2.91 bits per heavy atom. The van der Waals surface area contributed by atoms with Gasteiger partial charge in [0, 0.05) is 7.11 Å². The minimum atomic E-state index is -1.04. The first-order valence-electron chi connectivity index (χ1n) is 6.38. The van der Waals surface area contributed by atoms with Gasteiger partial charge >= 0.3 is 0 Å². The Morgan fingerprint density at radius 2 is 2.27 bits per heavy atom. The van der Waals surface area contributed by atoms with Crippen molar-refractivity contribution < 1.29 is 19.7 Å². The second kappa shape index (κ2) is 5.59. The molecule has 4 atom stereocenters. The van der Waals surface area contributed by atoms with Crippen molar-refractivity contribution in [3.8, 4) is 0 Å². The number of fused-ring (bicyclic) bond motifs is 1. The number of hydrogen-bond donors (Lipinski definition) is 4. The predicted octanol–water partition coefficient (Wildman–Crippen LogP) is -1.27. The number of aromatic nitrogens is 4. The molecular weight excluding hydrogens is 362 g/mol. The van der Waals surface area contributed by atoms with Crippen LogP contribution in [0, 0.1) is 0 Å². The molecule has 0 amide bonds. The molecular formula is C11H14BrN5O5. The van der Waals surface area contributed by atoms with Gasteiger partial charge in [0.25, 0.3) is 5.56 Å². The van der Waals surface area contributed by atoms with E-state index in [-0.39, 0.29) is 28.5 Å². The highest BCUT2D eigenvalue weighted by Gasteiger charge is 2.46. The Kier molecular flexibility index (Phi) is 3.91. The van der Waals surface area contributed by atoms with Crippen molar-refractivity contribution in [3.63, 3.8) is 0 Å². The zero-order chi connectivity index (χ0) is 16.0. The Bertz CT molecular complexity index is 761. The first-order chi connectivity index (χ1) is 10.5. The summed E-state index contributed by atoms with van der Waals surface area (Å²) < 4.78 is 12.6. The number of halogens is 1. The van der Waals surface area contributed by atoms with Crippen molar-refractivity contribution in [2.45, 2.75) is 24.5 Å². The summed E-state index contributed by atoms with van der Waals surface area (Å²) >= 11 is 3.24. The van der Waals surface area contributed by atoms with E-state index < -0.39 is 30.1 Å². The molecule has 2 aromatic rings. The minimum absolute atomic E-state index is 0.0708. The molecule has 0 aromatic carbocycles. The quantitative estimate of drug-likeness (QED) is 0.485. The first kappa shape index (κ1) is 15.4. The van der Waals surface area contributed by atoms with Crippen molar-refractivity contribution in [1.82, 2.24) is 19.5 Å². The molecule has 0 saturated carbocycles. The van der Waals surface area contributed by atoms with E-state index in [2.05, 4.69) is 30.9 Å². The summed E-state index contributed by atoms with van der Waals surface area (Å²) in [5.74, 6) is -0.0719. The number of anilines is 1. The average Bonchev–Trinajstić information content (AvgIpc) is 2.95. The summed E-state index contributed by atoms with van der Waals surface area (Å²) in [5.41, 5.74) is 5.33. The van der Waals surface area contributed by atoms with E-state index in [1.165, 1.54) is 11.7 Å². The van der Waals surface area contributed by atoms with E-state index in [1.807, 2.05) is 0 Å². The lowest BCUT2D eigenvalue weighted by Gasteiger charge is -2.20.